The summed E-state index contributed by atoms with van der Waals surface area (Å²) in [5.74, 6) is 0.622. The van der Waals surface area contributed by atoms with Crippen LogP contribution in [0.25, 0.3) is 0 Å². The van der Waals surface area contributed by atoms with Crippen molar-refractivity contribution in [3.63, 3.8) is 0 Å². The smallest absolute Gasteiger partial charge is 0.0500 e. The number of nitrogens with two attached hydrogens (primary N) is 1. The van der Waals surface area contributed by atoms with E-state index in [2.05, 4.69) is 18.7 Å². The molecule has 3 unspecified atom stereocenters. The van der Waals surface area contributed by atoms with Crippen molar-refractivity contribution in [2.45, 2.75) is 38.8 Å². The zero-order chi connectivity index (χ0) is 10.6. The number of methoxy groups -OCH3 is 1. The van der Waals surface area contributed by atoms with E-state index in [0.29, 0.717) is 18.0 Å². The van der Waals surface area contributed by atoms with Gasteiger partial charge in [-0.3, -0.25) is 0 Å². The highest BCUT2D eigenvalue weighted by atomic mass is 16.5. The standard InChI is InChI=1S/C11H24N2O/c1-9(8-14-3)7-13-5-4-11(12)6-10(13)2/h9-11H,4-8,12H2,1-3H3. The topological polar surface area (TPSA) is 38.5 Å². The first kappa shape index (κ1) is 12.0. The molecule has 1 saturated heterocycles. The predicted octanol–water partition coefficient (Wildman–Crippen LogP) is 1.08. The van der Waals surface area contributed by atoms with Crippen LogP contribution in [0.3, 0.4) is 0 Å². The van der Waals surface area contributed by atoms with Gasteiger partial charge in [0, 0.05) is 32.3 Å². The molecule has 1 aliphatic heterocycles. The molecule has 1 aliphatic rings. The molecule has 0 saturated carbocycles. The van der Waals surface area contributed by atoms with Crippen LogP contribution >= 0.6 is 0 Å². The lowest BCUT2D eigenvalue weighted by Gasteiger charge is -2.37. The minimum atomic E-state index is 0.416. The number of ether oxygens (including phenoxy) is 1. The first-order valence-electron chi connectivity index (χ1n) is 5.62. The molecule has 0 bridgehead atoms. The zero-order valence-electron chi connectivity index (χ0n) is 9.70. The fourth-order valence-corrected chi connectivity index (χ4v) is 2.27. The van der Waals surface area contributed by atoms with Gasteiger partial charge in [0.05, 0.1) is 0 Å². The lowest BCUT2D eigenvalue weighted by molar-refractivity contribution is 0.0905. The molecule has 0 spiro atoms. The van der Waals surface area contributed by atoms with Gasteiger partial charge in [-0.15, -0.1) is 0 Å². The highest BCUT2D eigenvalue weighted by Crippen LogP contribution is 2.17. The van der Waals surface area contributed by atoms with E-state index in [0.717, 1.165) is 32.5 Å². The fourth-order valence-electron chi connectivity index (χ4n) is 2.27. The molecular weight excluding hydrogens is 176 g/mol. The van der Waals surface area contributed by atoms with Gasteiger partial charge in [0.15, 0.2) is 0 Å². The van der Waals surface area contributed by atoms with Crippen molar-refractivity contribution in [2.75, 3.05) is 26.8 Å². The number of piperidine rings is 1. The van der Waals surface area contributed by atoms with Gasteiger partial charge in [-0.05, 0) is 32.2 Å². The van der Waals surface area contributed by atoms with Crippen LogP contribution in [0, 0.1) is 5.92 Å². The van der Waals surface area contributed by atoms with Crippen molar-refractivity contribution in [1.29, 1.82) is 0 Å². The number of hydrogen-bond donors (Lipinski definition) is 1. The maximum absolute atomic E-state index is 5.93. The molecule has 0 aliphatic carbocycles. The van der Waals surface area contributed by atoms with Gasteiger partial charge < -0.3 is 15.4 Å². The normalized spacial score (nSPS) is 31.7. The average Bonchev–Trinajstić information content (AvgIpc) is 2.10. The van der Waals surface area contributed by atoms with Gasteiger partial charge >= 0.3 is 0 Å². The van der Waals surface area contributed by atoms with Crippen LogP contribution in [0.4, 0.5) is 0 Å². The molecule has 0 amide bonds. The van der Waals surface area contributed by atoms with Gasteiger partial charge in [-0.1, -0.05) is 6.92 Å². The van der Waals surface area contributed by atoms with E-state index in [1.165, 1.54) is 0 Å². The summed E-state index contributed by atoms with van der Waals surface area (Å²) in [5, 5.41) is 0. The Morgan fingerprint density at radius 2 is 2.29 bits per heavy atom. The van der Waals surface area contributed by atoms with Crippen LogP contribution < -0.4 is 5.73 Å². The molecule has 1 rings (SSSR count). The van der Waals surface area contributed by atoms with Gasteiger partial charge in [-0.25, -0.2) is 0 Å². The average molecular weight is 200 g/mol. The third-order valence-electron chi connectivity index (χ3n) is 3.05. The maximum Gasteiger partial charge on any atom is 0.0500 e. The molecular formula is C11H24N2O. The second kappa shape index (κ2) is 5.69. The summed E-state index contributed by atoms with van der Waals surface area (Å²) in [6.07, 6.45) is 2.28. The predicted molar refractivity (Wildman–Crippen MR) is 59.3 cm³/mol. The SMILES string of the molecule is COCC(C)CN1CCC(N)CC1C. The molecule has 0 aromatic rings. The van der Waals surface area contributed by atoms with Crippen molar-refractivity contribution < 1.29 is 4.74 Å². The largest absolute Gasteiger partial charge is 0.384 e. The number of hydrogen-bond acceptors (Lipinski definition) is 3. The van der Waals surface area contributed by atoms with Crippen LogP contribution in [0.1, 0.15) is 26.7 Å². The minimum Gasteiger partial charge on any atom is -0.384 e. The summed E-state index contributed by atoms with van der Waals surface area (Å²) >= 11 is 0. The van der Waals surface area contributed by atoms with E-state index >= 15 is 0 Å². The third-order valence-corrected chi connectivity index (χ3v) is 3.05. The molecule has 2 N–H and O–H groups in total. The van der Waals surface area contributed by atoms with Gasteiger partial charge in [0.1, 0.15) is 0 Å². The lowest BCUT2D eigenvalue weighted by Crippen LogP contribution is -2.47. The van der Waals surface area contributed by atoms with Gasteiger partial charge in [0.2, 0.25) is 0 Å². The van der Waals surface area contributed by atoms with Crippen LogP contribution in [-0.4, -0.2) is 43.8 Å². The second-order valence-corrected chi connectivity index (χ2v) is 4.69. The Morgan fingerprint density at radius 3 is 2.86 bits per heavy atom. The Hall–Kier alpha value is -0.120. The van der Waals surface area contributed by atoms with Crippen LogP contribution in [0.5, 0.6) is 0 Å². The molecule has 0 radical (unpaired) electrons. The molecule has 3 nitrogen and oxygen atoms in total. The monoisotopic (exact) mass is 200 g/mol. The van der Waals surface area contributed by atoms with E-state index < -0.39 is 0 Å². The molecule has 3 atom stereocenters. The summed E-state index contributed by atoms with van der Waals surface area (Å²) < 4.78 is 5.15. The Bertz CT molecular complexity index is 163. The molecule has 1 fully saturated rings. The first-order valence-corrected chi connectivity index (χ1v) is 5.62. The third kappa shape index (κ3) is 3.56. The summed E-state index contributed by atoms with van der Waals surface area (Å²) in [5.41, 5.74) is 5.93. The molecule has 1 heterocycles. The van der Waals surface area contributed by atoms with E-state index in [-0.39, 0.29) is 0 Å². The minimum absolute atomic E-state index is 0.416. The van der Waals surface area contributed by atoms with Crippen LogP contribution in [0.2, 0.25) is 0 Å². The van der Waals surface area contributed by atoms with E-state index in [4.69, 9.17) is 10.5 Å². The van der Waals surface area contributed by atoms with Gasteiger partial charge in [-0.2, -0.15) is 0 Å². The quantitative estimate of drug-likeness (QED) is 0.738. The Balaban J connectivity index is 2.29. The van der Waals surface area contributed by atoms with E-state index in [9.17, 15) is 0 Å². The van der Waals surface area contributed by atoms with Crippen molar-refractivity contribution in [2.24, 2.45) is 11.7 Å². The number of nitrogens with zero attached hydrogens (tertiary/aromatic N) is 1. The van der Waals surface area contributed by atoms with Crippen molar-refractivity contribution >= 4 is 0 Å². The Morgan fingerprint density at radius 1 is 1.57 bits per heavy atom. The molecule has 0 aromatic heterocycles. The zero-order valence-corrected chi connectivity index (χ0v) is 9.70. The molecule has 84 valence electrons. The fraction of sp³-hybridized carbons (Fsp3) is 1.00. The molecule has 3 heteroatoms. The number of rotatable bonds is 4. The van der Waals surface area contributed by atoms with Crippen molar-refractivity contribution in [3.8, 4) is 0 Å². The highest BCUT2D eigenvalue weighted by molar-refractivity contribution is 4.81. The van der Waals surface area contributed by atoms with Crippen LogP contribution in [-0.2, 0) is 4.74 Å². The summed E-state index contributed by atoms with van der Waals surface area (Å²) in [4.78, 5) is 2.53. The Labute approximate surface area is 87.6 Å². The summed E-state index contributed by atoms with van der Waals surface area (Å²) in [6.45, 7) is 7.66. The van der Waals surface area contributed by atoms with E-state index in [1.807, 2.05) is 0 Å². The van der Waals surface area contributed by atoms with Gasteiger partial charge in [0.25, 0.3) is 0 Å². The summed E-state index contributed by atoms with van der Waals surface area (Å²) in [6, 6.07) is 1.05. The maximum atomic E-state index is 5.93. The number of likely N-dealkylation sites (tertiary alicyclic amines) is 1. The summed E-state index contributed by atoms with van der Waals surface area (Å²) in [7, 11) is 1.77. The first-order chi connectivity index (χ1) is 6.63. The Kier molecular flexibility index (Phi) is 4.85. The highest BCUT2D eigenvalue weighted by Gasteiger charge is 2.23. The molecule has 14 heavy (non-hydrogen) atoms. The van der Waals surface area contributed by atoms with E-state index in [1.54, 1.807) is 7.11 Å². The lowest BCUT2D eigenvalue weighted by atomic mass is 9.98. The van der Waals surface area contributed by atoms with Crippen molar-refractivity contribution in [1.82, 2.24) is 4.90 Å². The molecule has 0 aromatic carbocycles. The second-order valence-electron chi connectivity index (χ2n) is 4.69. The van der Waals surface area contributed by atoms with Crippen LogP contribution in [0.15, 0.2) is 0 Å². The van der Waals surface area contributed by atoms with Crippen molar-refractivity contribution in [3.05, 3.63) is 0 Å².